The normalized spacial score (nSPS) is 23.9. The van der Waals surface area contributed by atoms with Gasteiger partial charge in [0.25, 0.3) is 0 Å². The minimum absolute atomic E-state index is 0.0235. The molecule has 1 fully saturated rings. The van der Waals surface area contributed by atoms with E-state index in [4.69, 9.17) is 9.47 Å². The van der Waals surface area contributed by atoms with E-state index in [2.05, 4.69) is 36.1 Å². The van der Waals surface area contributed by atoms with Gasteiger partial charge < -0.3 is 9.47 Å². The summed E-state index contributed by atoms with van der Waals surface area (Å²) < 4.78 is 11.9. The molecule has 3 heteroatoms. The molecule has 0 amide bonds. The fourth-order valence-electron chi connectivity index (χ4n) is 3.48. The highest BCUT2D eigenvalue weighted by Gasteiger charge is 2.23. The molecule has 2 aliphatic heterocycles. The van der Waals surface area contributed by atoms with E-state index in [-0.39, 0.29) is 6.10 Å². The van der Waals surface area contributed by atoms with E-state index in [9.17, 15) is 0 Å². The second-order valence-corrected chi connectivity index (χ2v) is 6.57. The quantitative estimate of drug-likeness (QED) is 0.849. The van der Waals surface area contributed by atoms with Gasteiger partial charge in [-0.2, -0.15) is 0 Å². The van der Waals surface area contributed by atoms with Crippen LogP contribution < -0.4 is 9.47 Å². The minimum Gasteiger partial charge on any atom is -0.485 e. The Kier molecular flexibility index (Phi) is 3.96. The molecule has 0 saturated carbocycles. The number of benzene rings is 2. The van der Waals surface area contributed by atoms with Crippen LogP contribution in [0.3, 0.4) is 0 Å². The van der Waals surface area contributed by atoms with Gasteiger partial charge in [-0.25, -0.2) is 0 Å². The molecule has 0 bridgehead atoms. The first-order valence-electron chi connectivity index (χ1n) is 8.51. The third-order valence-electron chi connectivity index (χ3n) is 4.94. The first-order valence-corrected chi connectivity index (χ1v) is 8.51. The zero-order valence-corrected chi connectivity index (χ0v) is 13.6. The van der Waals surface area contributed by atoms with Gasteiger partial charge in [0.1, 0.15) is 6.61 Å². The summed E-state index contributed by atoms with van der Waals surface area (Å²) in [6, 6.07) is 17.4. The molecule has 0 radical (unpaired) electrons. The second-order valence-electron chi connectivity index (χ2n) is 6.57. The van der Waals surface area contributed by atoms with Crippen molar-refractivity contribution >= 4 is 0 Å². The molecule has 1 saturated heterocycles. The summed E-state index contributed by atoms with van der Waals surface area (Å²) in [7, 11) is 0. The molecule has 2 unspecified atom stereocenters. The lowest BCUT2D eigenvalue weighted by atomic mass is 10.1. The van der Waals surface area contributed by atoms with Crippen molar-refractivity contribution in [2.24, 2.45) is 0 Å². The Morgan fingerprint density at radius 3 is 2.57 bits per heavy atom. The van der Waals surface area contributed by atoms with E-state index >= 15 is 0 Å². The predicted octanol–water partition coefficient (Wildman–Crippen LogP) is 4.18. The van der Waals surface area contributed by atoms with E-state index in [0.717, 1.165) is 18.0 Å². The third kappa shape index (κ3) is 3.06. The Bertz CT molecular complexity index is 668. The number of ether oxygens (including phenoxy) is 2. The van der Waals surface area contributed by atoms with Gasteiger partial charge in [0.15, 0.2) is 17.6 Å². The van der Waals surface area contributed by atoms with Gasteiger partial charge in [-0.3, -0.25) is 4.90 Å². The SMILES string of the molecule is CC1CCCN1Cc1ccc(C2COc3ccccc3O2)cc1. The maximum absolute atomic E-state index is 6.07. The van der Waals surface area contributed by atoms with E-state index < -0.39 is 0 Å². The molecule has 2 atom stereocenters. The number of likely N-dealkylation sites (tertiary alicyclic amines) is 1. The fourth-order valence-corrected chi connectivity index (χ4v) is 3.48. The first-order chi connectivity index (χ1) is 11.3. The summed E-state index contributed by atoms with van der Waals surface area (Å²) in [4.78, 5) is 2.56. The Balaban J connectivity index is 1.44. The van der Waals surface area contributed by atoms with Crippen LogP contribution in [-0.4, -0.2) is 24.1 Å². The van der Waals surface area contributed by atoms with Gasteiger partial charge in [0, 0.05) is 12.6 Å². The third-order valence-corrected chi connectivity index (χ3v) is 4.94. The van der Waals surface area contributed by atoms with Crippen LogP contribution in [0.4, 0.5) is 0 Å². The number of hydrogen-bond donors (Lipinski definition) is 0. The highest BCUT2D eigenvalue weighted by molar-refractivity contribution is 5.41. The lowest BCUT2D eigenvalue weighted by Gasteiger charge is -2.27. The van der Waals surface area contributed by atoms with Gasteiger partial charge in [-0.1, -0.05) is 36.4 Å². The summed E-state index contributed by atoms with van der Waals surface area (Å²) in [6.07, 6.45) is 2.63. The maximum atomic E-state index is 6.07. The molecule has 23 heavy (non-hydrogen) atoms. The van der Waals surface area contributed by atoms with E-state index in [0.29, 0.717) is 12.6 Å². The minimum atomic E-state index is -0.0235. The summed E-state index contributed by atoms with van der Waals surface area (Å²) in [6.45, 7) is 5.16. The number of fused-ring (bicyclic) bond motifs is 1. The molecule has 2 aromatic carbocycles. The van der Waals surface area contributed by atoms with Crippen molar-refractivity contribution in [2.75, 3.05) is 13.2 Å². The molecule has 0 aliphatic carbocycles. The number of para-hydroxylation sites is 2. The van der Waals surface area contributed by atoms with Gasteiger partial charge in [0.2, 0.25) is 0 Å². The average Bonchev–Trinajstić information content (AvgIpc) is 3.00. The van der Waals surface area contributed by atoms with Crippen molar-refractivity contribution in [1.29, 1.82) is 0 Å². The van der Waals surface area contributed by atoms with Crippen LogP contribution in [0.1, 0.15) is 37.0 Å². The van der Waals surface area contributed by atoms with Crippen LogP contribution in [0.5, 0.6) is 11.5 Å². The Hall–Kier alpha value is -2.00. The van der Waals surface area contributed by atoms with Crippen molar-refractivity contribution in [3.63, 3.8) is 0 Å². The smallest absolute Gasteiger partial charge is 0.162 e. The van der Waals surface area contributed by atoms with Crippen molar-refractivity contribution in [3.05, 3.63) is 59.7 Å². The maximum Gasteiger partial charge on any atom is 0.162 e. The summed E-state index contributed by atoms with van der Waals surface area (Å²) in [5, 5.41) is 0. The summed E-state index contributed by atoms with van der Waals surface area (Å²) in [5.74, 6) is 1.67. The average molecular weight is 309 g/mol. The molecular weight excluding hydrogens is 286 g/mol. The molecule has 2 aliphatic rings. The Morgan fingerprint density at radius 2 is 1.83 bits per heavy atom. The van der Waals surface area contributed by atoms with Gasteiger partial charge in [-0.15, -0.1) is 0 Å². The van der Waals surface area contributed by atoms with Crippen LogP contribution in [-0.2, 0) is 6.54 Å². The lowest BCUT2D eigenvalue weighted by Crippen LogP contribution is -2.26. The lowest BCUT2D eigenvalue weighted by molar-refractivity contribution is 0.0913. The molecule has 0 aromatic heterocycles. The highest BCUT2D eigenvalue weighted by Crippen LogP contribution is 2.35. The number of nitrogens with zero attached hydrogens (tertiary/aromatic N) is 1. The van der Waals surface area contributed by atoms with Crippen LogP contribution in [0.25, 0.3) is 0 Å². The predicted molar refractivity (Wildman–Crippen MR) is 90.9 cm³/mol. The number of hydrogen-bond acceptors (Lipinski definition) is 3. The van der Waals surface area contributed by atoms with Crippen molar-refractivity contribution in [3.8, 4) is 11.5 Å². The zero-order chi connectivity index (χ0) is 15.6. The van der Waals surface area contributed by atoms with Crippen molar-refractivity contribution in [2.45, 2.75) is 38.5 Å². The van der Waals surface area contributed by atoms with Crippen molar-refractivity contribution < 1.29 is 9.47 Å². The molecule has 2 aromatic rings. The zero-order valence-electron chi connectivity index (χ0n) is 13.6. The number of rotatable bonds is 3. The molecule has 0 N–H and O–H groups in total. The highest BCUT2D eigenvalue weighted by atomic mass is 16.6. The molecule has 2 heterocycles. The van der Waals surface area contributed by atoms with Gasteiger partial charge >= 0.3 is 0 Å². The van der Waals surface area contributed by atoms with Crippen LogP contribution in [0, 0.1) is 0 Å². The topological polar surface area (TPSA) is 21.7 Å². The molecule has 3 nitrogen and oxygen atoms in total. The monoisotopic (exact) mass is 309 g/mol. The fraction of sp³-hybridized carbons (Fsp3) is 0.400. The molecule has 120 valence electrons. The Morgan fingerprint density at radius 1 is 1.04 bits per heavy atom. The van der Waals surface area contributed by atoms with E-state index in [1.807, 2.05) is 24.3 Å². The van der Waals surface area contributed by atoms with Crippen LogP contribution in [0.15, 0.2) is 48.5 Å². The molecule has 4 rings (SSSR count). The summed E-state index contributed by atoms with van der Waals surface area (Å²) >= 11 is 0. The van der Waals surface area contributed by atoms with Gasteiger partial charge in [-0.05, 0) is 49.6 Å². The van der Waals surface area contributed by atoms with E-state index in [1.54, 1.807) is 0 Å². The van der Waals surface area contributed by atoms with Gasteiger partial charge in [0.05, 0.1) is 0 Å². The van der Waals surface area contributed by atoms with Crippen LogP contribution >= 0.6 is 0 Å². The van der Waals surface area contributed by atoms with E-state index in [1.165, 1.54) is 30.5 Å². The van der Waals surface area contributed by atoms with Crippen molar-refractivity contribution in [1.82, 2.24) is 4.90 Å². The summed E-state index contributed by atoms with van der Waals surface area (Å²) in [5.41, 5.74) is 2.55. The van der Waals surface area contributed by atoms with Crippen LogP contribution in [0.2, 0.25) is 0 Å². The first kappa shape index (κ1) is 14.6. The molecular formula is C20H23NO2. The molecule has 0 spiro atoms. The largest absolute Gasteiger partial charge is 0.485 e. The second kappa shape index (κ2) is 6.25. The Labute approximate surface area is 137 Å². The standard InChI is InChI=1S/C20H23NO2/c1-15-5-4-12-21(15)13-16-8-10-17(11-9-16)20-14-22-18-6-2-3-7-19(18)23-20/h2-3,6-11,15,20H,4-5,12-14H2,1H3.